The molecule has 2 aromatic rings. The summed E-state index contributed by atoms with van der Waals surface area (Å²) in [5.41, 5.74) is 0.688. The molecule has 0 aliphatic heterocycles. The summed E-state index contributed by atoms with van der Waals surface area (Å²) in [7, 11) is -3.61. The average Bonchev–Trinajstić information content (AvgIpc) is 2.53. The molecule has 0 aliphatic carbocycles. The third-order valence-corrected chi connectivity index (χ3v) is 4.40. The summed E-state index contributed by atoms with van der Waals surface area (Å²) in [4.78, 5) is 0.165. The number of hydrogen-bond donors (Lipinski definition) is 1. The number of sulfonamides is 1. The molecule has 0 radical (unpaired) electrons. The highest BCUT2D eigenvalue weighted by atomic mass is 32.2. The topological polar surface area (TPSA) is 55.4 Å². The van der Waals surface area contributed by atoms with Crippen LogP contribution in [0.1, 0.15) is 18.9 Å². The standard InChI is InChI=1S/C16H18FNO3S/c1-2-11-21-15-7-9-16(10-8-15)22(19,20)18-12-13-3-5-14(17)6-4-13/h3-10,18H,2,11-12H2,1H3. The molecular formula is C16H18FNO3S. The third-order valence-electron chi connectivity index (χ3n) is 2.99. The highest BCUT2D eigenvalue weighted by Crippen LogP contribution is 2.16. The van der Waals surface area contributed by atoms with Gasteiger partial charge in [0.1, 0.15) is 11.6 Å². The van der Waals surface area contributed by atoms with Crippen molar-refractivity contribution in [3.8, 4) is 5.75 Å². The Morgan fingerprint density at radius 2 is 1.68 bits per heavy atom. The second-order valence-corrected chi connectivity index (χ2v) is 6.54. The summed E-state index contributed by atoms with van der Waals surface area (Å²) in [6.07, 6.45) is 0.888. The number of hydrogen-bond acceptors (Lipinski definition) is 3. The maximum absolute atomic E-state index is 12.8. The minimum atomic E-state index is -3.61. The second kappa shape index (κ2) is 7.38. The molecule has 0 atom stereocenters. The van der Waals surface area contributed by atoms with Crippen LogP contribution in [-0.2, 0) is 16.6 Å². The second-order valence-electron chi connectivity index (χ2n) is 4.77. The van der Waals surface area contributed by atoms with Crippen molar-refractivity contribution in [1.29, 1.82) is 0 Å². The van der Waals surface area contributed by atoms with E-state index < -0.39 is 10.0 Å². The molecule has 6 heteroatoms. The van der Waals surface area contributed by atoms with Gasteiger partial charge in [0, 0.05) is 6.54 Å². The van der Waals surface area contributed by atoms with Gasteiger partial charge in [0.05, 0.1) is 11.5 Å². The molecule has 1 N–H and O–H groups in total. The van der Waals surface area contributed by atoms with Crippen LogP contribution in [0, 0.1) is 5.82 Å². The zero-order valence-corrected chi connectivity index (χ0v) is 13.1. The number of halogens is 1. The molecule has 22 heavy (non-hydrogen) atoms. The van der Waals surface area contributed by atoms with E-state index in [0.29, 0.717) is 17.9 Å². The Kier molecular flexibility index (Phi) is 5.51. The lowest BCUT2D eigenvalue weighted by Crippen LogP contribution is -2.23. The minimum Gasteiger partial charge on any atom is -0.494 e. The van der Waals surface area contributed by atoms with Gasteiger partial charge in [0.15, 0.2) is 0 Å². The van der Waals surface area contributed by atoms with E-state index >= 15 is 0 Å². The molecule has 2 aromatic carbocycles. The van der Waals surface area contributed by atoms with E-state index in [2.05, 4.69) is 4.72 Å². The van der Waals surface area contributed by atoms with Gasteiger partial charge in [-0.3, -0.25) is 0 Å². The zero-order valence-electron chi connectivity index (χ0n) is 12.3. The number of benzene rings is 2. The summed E-state index contributed by atoms with van der Waals surface area (Å²) in [5.74, 6) is 0.286. The first-order valence-corrected chi connectivity index (χ1v) is 8.46. The van der Waals surface area contributed by atoms with Crippen molar-refractivity contribution in [3.63, 3.8) is 0 Å². The van der Waals surface area contributed by atoms with Gasteiger partial charge in [0.2, 0.25) is 10.0 Å². The molecule has 0 amide bonds. The van der Waals surface area contributed by atoms with Gasteiger partial charge in [-0.05, 0) is 48.4 Å². The first-order chi connectivity index (χ1) is 10.5. The predicted octanol–water partition coefficient (Wildman–Crippen LogP) is 3.09. The molecule has 0 spiro atoms. The average molecular weight is 323 g/mol. The van der Waals surface area contributed by atoms with Crippen molar-refractivity contribution < 1.29 is 17.5 Å². The molecule has 0 saturated heterocycles. The van der Waals surface area contributed by atoms with E-state index in [0.717, 1.165) is 6.42 Å². The van der Waals surface area contributed by atoms with E-state index in [4.69, 9.17) is 4.74 Å². The maximum Gasteiger partial charge on any atom is 0.240 e. The largest absolute Gasteiger partial charge is 0.494 e. The Morgan fingerprint density at radius 1 is 1.05 bits per heavy atom. The fraction of sp³-hybridized carbons (Fsp3) is 0.250. The van der Waals surface area contributed by atoms with E-state index in [1.807, 2.05) is 6.92 Å². The quantitative estimate of drug-likeness (QED) is 0.852. The van der Waals surface area contributed by atoms with E-state index in [1.165, 1.54) is 24.3 Å². The van der Waals surface area contributed by atoms with Gasteiger partial charge in [-0.2, -0.15) is 0 Å². The van der Waals surface area contributed by atoms with Gasteiger partial charge in [-0.1, -0.05) is 19.1 Å². The first-order valence-electron chi connectivity index (χ1n) is 6.98. The smallest absolute Gasteiger partial charge is 0.240 e. The highest BCUT2D eigenvalue weighted by Gasteiger charge is 2.13. The SMILES string of the molecule is CCCOc1ccc(S(=O)(=O)NCc2ccc(F)cc2)cc1. The molecule has 0 heterocycles. The predicted molar refractivity (Wildman–Crippen MR) is 82.7 cm³/mol. The van der Waals surface area contributed by atoms with Crippen LogP contribution in [0.4, 0.5) is 4.39 Å². The van der Waals surface area contributed by atoms with Gasteiger partial charge >= 0.3 is 0 Å². The summed E-state index contributed by atoms with van der Waals surface area (Å²) in [6, 6.07) is 11.9. The molecule has 2 rings (SSSR count). The monoisotopic (exact) mass is 323 g/mol. The molecule has 118 valence electrons. The number of ether oxygens (including phenoxy) is 1. The van der Waals surface area contributed by atoms with Gasteiger partial charge in [0.25, 0.3) is 0 Å². The summed E-state index contributed by atoms with van der Waals surface area (Å²) >= 11 is 0. The maximum atomic E-state index is 12.8. The van der Waals surface area contributed by atoms with Crippen molar-refractivity contribution >= 4 is 10.0 Å². The molecule has 0 bridgehead atoms. The lowest BCUT2D eigenvalue weighted by atomic mass is 10.2. The molecule has 0 saturated carbocycles. The number of rotatable bonds is 7. The number of nitrogens with one attached hydrogen (secondary N) is 1. The van der Waals surface area contributed by atoms with Crippen LogP contribution < -0.4 is 9.46 Å². The van der Waals surface area contributed by atoms with E-state index in [9.17, 15) is 12.8 Å². The van der Waals surface area contributed by atoms with Crippen LogP contribution in [0.15, 0.2) is 53.4 Å². The summed E-state index contributed by atoms with van der Waals surface area (Å²) in [5, 5.41) is 0. The summed E-state index contributed by atoms with van der Waals surface area (Å²) < 4.78 is 45.0. The van der Waals surface area contributed by atoms with Crippen molar-refractivity contribution in [2.24, 2.45) is 0 Å². The lowest BCUT2D eigenvalue weighted by molar-refractivity contribution is 0.317. The Labute approximate surface area is 130 Å². The van der Waals surface area contributed by atoms with Gasteiger partial charge < -0.3 is 4.74 Å². The third kappa shape index (κ3) is 4.54. The lowest BCUT2D eigenvalue weighted by Gasteiger charge is -2.08. The van der Waals surface area contributed by atoms with Crippen molar-refractivity contribution in [1.82, 2.24) is 4.72 Å². The molecule has 0 aliphatic rings. The first kappa shape index (κ1) is 16.5. The van der Waals surface area contributed by atoms with Crippen molar-refractivity contribution in [3.05, 3.63) is 59.9 Å². The molecule has 0 aromatic heterocycles. The van der Waals surface area contributed by atoms with Crippen LogP contribution >= 0.6 is 0 Å². The van der Waals surface area contributed by atoms with Crippen LogP contribution in [0.3, 0.4) is 0 Å². The van der Waals surface area contributed by atoms with Crippen LogP contribution in [0.5, 0.6) is 5.75 Å². The van der Waals surface area contributed by atoms with Gasteiger partial charge in [-0.25, -0.2) is 17.5 Å². The van der Waals surface area contributed by atoms with Crippen molar-refractivity contribution in [2.45, 2.75) is 24.8 Å². The Balaban J connectivity index is 2.01. The fourth-order valence-corrected chi connectivity index (χ4v) is 2.82. The van der Waals surface area contributed by atoms with Crippen LogP contribution in [-0.4, -0.2) is 15.0 Å². The molecular weight excluding hydrogens is 305 g/mol. The summed E-state index contributed by atoms with van der Waals surface area (Å²) in [6.45, 7) is 2.70. The van der Waals surface area contributed by atoms with E-state index in [-0.39, 0.29) is 17.3 Å². The Hall–Kier alpha value is -1.92. The van der Waals surface area contributed by atoms with Crippen molar-refractivity contribution in [2.75, 3.05) is 6.61 Å². The molecule has 4 nitrogen and oxygen atoms in total. The Morgan fingerprint density at radius 3 is 2.27 bits per heavy atom. The Bertz CT molecular complexity index is 697. The van der Waals surface area contributed by atoms with Crippen LogP contribution in [0.25, 0.3) is 0 Å². The minimum absolute atomic E-state index is 0.108. The highest BCUT2D eigenvalue weighted by molar-refractivity contribution is 7.89. The molecule has 0 fully saturated rings. The van der Waals surface area contributed by atoms with E-state index in [1.54, 1.807) is 24.3 Å². The zero-order chi connectivity index (χ0) is 16.0. The van der Waals surface area contributed by atoms with Gasteiger partial charge in [-0.15, -0.1) is 0 Å². The van der Waals surface area contributed by atoms with Crippen LogP contribution in [0.2, 0.25) is 0 Å². The normalized spacial score (nSPS) is 11.4. The fourth-order valence-electron chi connectivity index (χ4n) is 1.80. The molecule has 0 unspecified atom stereocenters.